The van der Waals surface area contributed by atoms with Gasteiger partial charge in [-0.05, 0) is 217 Å². The molecule has 2 nitrogen and oxygen atoms in total. The fraction of sp³-hybridized carbons (Fsp3) is 0.523. The second-order valence-electron chi connectivity index (χ2n) is 30.1. The monoisotopic (exact) mass is 1450 g/mol. The van der Waals surface area contributed by atoms with Crippen molar-refractivity contribution in [1.82, 2.24) is 0 Å². The van der Waals surface area contributed by atoms with E-state index < -0.39 is 18.0 Å². The molecule has 7 rings (SSSR count). The second-order valence-corrected chi connectivity index (χ2v) is 32.2. The number of hydrogen-bond acceptors (Lipinski definition) is 4. The first-order valence-corrected chi connectivity index (χ1v) is 38.8. The average Bonchev–Trinajstić information content (AvgIpc) is 0.832. The van der Waals surface area contributed by atoms with Crippen LogP contribution in [0, 0.1) is 23.3 Å². The topological polar surface area (TPSA) is 18.5 Å². The third-order valence-electron chi connectivity index (χ3n) is 17.2. The van der Waals surface area contributed by atoms with Crippen molar-refractivity contribution >= 4 is 35.1 Å². The summed E-state index contributed by atoms with van der Waals surface area (Å²) in [6, 6.07) is 37.1. The summed E-state index contributed by atoms with van der Waals surface area (Å²) >= 11 is 9.65. The molecule has 0 spiro atoms. The predicted molar refractivity (Wildman–Crippen MR) is 424 cm³/mol. The Morgan fingerprint density at radius 3 is 0.890 bits per heavy atom. The predicted octanol–water partition coefficient (Wildman–Crippen LogP) is 31.1. The smallest absolute Gasteiger partial charge is 0.496 e. The molecule has 7 aromatic rings. The molecule has 0 unspecified atom stereocenters. The Labute approximate surface area is 617 Å². The van der Waals surface area contributed by atoms with E-state index in [1.165, 1.54) is 56.5 Å². The summed E-state index contributed by atoms with van der Waals surface area (Å²) in [7, 11) is 1.74. The number of rotatable bonds is 18. The molecular formula is C88H126ClF7O2S2. The standard InChI is InChI=1S/C13H17F3O.C13H19FS.C13H20O.C13H20S.C12H17Cl.C12H16F2.C12H17F/c1-8(2)10-5-6-11(9(3)4)12(7-10)17-13(14,15)16;1-8(2)10-6-11(14)13(9(3)4)12(7-10)15-5;2*1-9(2)11-6-7-12(10(3)4)13(8-11)14-5;1-8(2)10-5-6-11(9(3)4)12(13)7-10;1-7(2)9-5-10(13)12(8(3)4)11(14)6-9;1-8(2)10-5-6-11(9(3)4)12(13)7-10/h5-9H,1-4H3;6-9H,1-5H3;2*6-10H,1-5H3;5-9H,1-4H3;5-8H,1-4H3;5-9H,1-4H3. The highest BCUT2D eigenvalue weighted by Crippen LogP contribution is 2.37. The fourth-order valence-corrected chi connectivity index (χ4v) is 12.6. The summed E-state index contributed by atoms with van der Waals surface area (Å²) in [5.41, 5.74) is 14.2. The summed E-state index contributed by atoms with van der Waals surface area (Å²) in [4.78, 5) is 2.51. The molecule has 0 saturated carbocycles. The molecule has 558 valence electrons. The van der Waals surface area contributed by atoms with Gasteiger partial charge in [0.1, 0.15) is 34.8 Å². The van der Waals surface area contributed by atoms with Crippen LogP contribution in [-0.2, 0) is 0 Å². The van der Waals surface area contributed by atoms with Crippen LogP contribution in [0.1, 0.15) is 355 Å². The zero-order valence-electron chi connectivity index (χ0n) is 66.7. The zero-order valence-corrected chi connectivity index (χ0v) is 69.1. The Balaban J connectivity index is 0.000000584. The number of hydrogen-bond donors (Lipinski definition) is 0. The molecule has 0 aliphatic carbocycles. The summed E-state index contributed by atoms with van der Waals surface area (Å²) in [5, 5.41) is 0.904. The normalized spacial score (nSPS) is 11.5. The molecule has 12 heteroatoms. The molecular weight excluding hydrogens is 1320 g/mol. The van der Waals surface area contributed by atoms with Crippen molar-refractivity contribution < 1.29 is 40.2 Å². The number of methoxy groups -OCH3 is 1. The lowest BCUT2D eigenvalue weighted by molar-refractivity contribution is -0.275. The maximum absolute atomic E-state index is 13.9. The van der Waals surface area contributed by atoms with Crippen molar-refractivity contribution in [2.24, 2.45) is 0 Å². The third kappa shape index (κ3) is 30.9. The van der Waals surface area contributed by atoms with Gasteiger partial charge in [0.25, 0.3) is 0 Å². The first kappa shape index (κ1) is 92.7. The quantitative estimate of drug-likeness (QED) is 0.0629. The summed E-state index contributed by atoms with van der Waals surface area (Å²) < 4.78 is 101. The fourth-order valence-electron chi connectivity index (χ4n) is 10.6. The molecule has 0 saturated heterocycles. The van der Waals surface area contributed by atoms with Crippen LogP contribution in [0.3, 0.4) is 0 Å². The number of benzene rings is 7. The molecule has 0 aliphatic heterocycles. The first-order valence-electron chi connectivity index (χ1n) is 36.0. The largest absolute Gasteiger partial charge is 0.573 e. The Bertz CT molecular complexity index is 3390. The Hall–Kier alpha value is -5.36. The minimum atomic E-state index is -4.64. The molecule has 0 amide bonds. The molecule has 0 aromatic heterocycles. The third-order valence-corrected chi connectivity index (χ3v) is 19.1. The maximum Gasteiger partial charge on any atom is 0.573 e. The van der Waals surface area contributed by atoms with Gasteiger partial charge < -0.3 is 9.47 Å². The van der Waals surface area contributed by atoms with Crippen molar-refractivity contribution in [1.29, 1.82) is 0 Å². The van der Waals surface area contributed by atoms with E-state index in [-0.39, 0.29) is 58.5 Å². The molecule has 0 heterocycles. The van der Waals surface area contributed by atoms with Crippen molar-refractivity contribution in [2.75, 3.05) is 19.6 Å². The number of halogens is 8. The Morgan fingerprint density at radius 1 is 0.290 bits per heavy atom. The van der Waals surface area contributed by atoms with E-state index in [0.717, 1.165) is 43.5 Å². The number of thioether (sulfide) groups is 2. The van der Waals surface area contributed by atoms with Gasteiger partial charge in [-0.1, -0.05) is 266 Å². The van der Waals surface area contributed by atoms with Gasteiger partial charge >= 0.3 is 6.36 Å². The van der Waals surface area contributed by atoms with E-state index in [1.54, 1.807) is 50.9 Å². The summed E-state index contributed by atoms with van der Waals surface area (Å²) in [6.45, 7) is 57.8. The number of alkyl halides is 3. The average molecular weight is 1450 g/mol. The molecule has 0 bridgehead atoms. The van der Waals surface area contributed by atoms with E-state index >= 15 is 0 Å². The van der Waals surface area contributed by atoms with E-state index in [0.29, 0.717) is 58.5 Å². The first-order chi connectivity index (χ1) is 46.3. The molecule has 0 atom stereocenters. The van der Waals surface area contributed by atoms with Crippen LogP contribution < -0.4 is 9.47 Å². The van der Waals surface area contributed by atoms with Crippen molar-refractivity contribution in [3.63, 3.8) is 0 Å². The van der Waals surface area contributed by atoms with Gasteiger partial charge in [-0.2, -0.15) is 0 Å². The van der Waals surface area contributed by atoms with Gasteiger partial charge in [-0.25, -0.2) is 17.6 Å². The van der Waals surface area contributed by atoms with Gasteiger partial charge in [0.2, 0.25) is 0 Å². The molecule has 0 N–H and O–H groups in total. The van der Waals surface area contributed by atoms with Crippen molar-refractivity contribution in [3.8, 4) is 11.5 Å². The van der Waals surface area contributed by atoms with Crippen LogP contribution in [0.15, 0.2) is 125 Å². The summed E-state index contributed by atoms with van der Waals surface area (Å²) in [5.74, 6) is 4.84. The van der Waals surface area contributed by atoms with Crippen LogP contribution in [-0.4, -0.2) is 26.0 Å². The molecule has 0 radical (unpaired) electrons. The molecule has 100 heavy (non-hydrogen) atoms. The van der Waals surface area contributed by atoms with Gasteiger partial charge in [-0.3, -0.25) is 0 Å². The van der Waals surface area contributed by atoms with E-state index in [2.05, 4.69) is 182 Å². The molecule has 0 aliphatic rings. The highest BCUT2D eigenvalue weighted by Gasteiger charge is 2.33. The van der Waals surface area contributed by atoms with Gasteiger partial charge in [0, 0.05) is 25.9 Å². The highest BCUT2D eigenvalue weighted by molar-refractivity contribution is 7.98. The van der Waals surface area contributed by atoms with Gasteiger partial charge in [0.15, 0.2) is 0 Å². The maximum atomic E-state index is 13.9. The van der Waals surface area contributed by atoms with Crippen LogP contribution >= 0.6 is 35.1 Å². The molecule has 0 fully saturated rings. The minimum absolute atomic E-state index is 0.00596. The van der Waals surface area contributed by atoms with Crippen molar-refractivity contribution in [3.05, 3.63) is 221 Å². The van der Waals surface area contributed by atoms with Gasteiger partial charge in [0.05, 0.1) is 7.11 Å². The molecule has 7 aromatic carbocycles. The number of ether oxygens (including phenoxy) is 2. The zero-order chi connectivity index (χ0) is 77.1. The van der Waals surface area contributed by atoms with Crippen LogP contribution in [0.2, 0.25) is 5.02 Å². The minimum Gasteiger partial charge on any atom is -0.496 e. The van der Waals surface area contributed by atoms with E-state index in [4.69, 9.17) is 16.3 Å². The Morgan fingerprint density at radius 2 is 0.570 bits per heavy atom. The van der Waals surface area contributed by atoms with Crippen molar-refractivity contribution in [2.45, 2.75) is 293 Å². The highest BCUT2D eigenvalue weighted by atomic mass is 35.5. The Kier molecular flexibility index (Phi) is 41.1. The SMILES string of the molecule is CC(C)c1cc(F)c(C(C)C)c(F)c1.CC(C)c1ccc(C(C)C)c(Cl)c1.CC(C)c1ccc(C(C)C)c(F)c1.CC(C)c1ccc(C(C)C)c(OC(F)(F)F)c1.COc1cc(C(C)C)ccc1C(C)C.CSc1cc(C(C)C)cc(F)c1C(C)C.CSc1cc(C(C)C)ccc1C(C)C. The van der Waals surface area contributed by atoms with Crippen LogP contribution in [0.4, 0.5) is 30.7 Å². The van der Waals surface area contributed by atoms with E-state index in [1.807, 2.05) is 105 Å². The van der Waals surface area contributed by atoms with E-state index in [9.17, 15) is 30.7 Å². The second kappa shape index (κ2) is 44.3. The summed E-state index contributed by atoms with van der Waals surface area (Å²) in [6.07, 6.45) is -0.477. The van der Waals surface area contributed by atoms with Crippen LogP contribution in [0.5, 0.6) is 11.5 Å². The lowest BCUT2D eigenvalue weighted by atomic mass is 9.96. The van der Waals surface area contributed by atoms with Crippen LogP contribution in [0.25, 0.3) is 0 Å². The lowest BCUT2D eigenvalue weighted by Crippen LogP contribution is -2.18. The lowest BCUT2D eigenvalue weighted by Gasteiger charge is -2.17. The van der Waals surface area contributed by atoms with Gasteiger partial charge in [-0.15, -0.1) is 36.7 Å².